The molecule has 1 fully saturated rings. The molecule has 1 amide bonds. The molecule has 8 nitrogen and oxygen atoms in total. The third kappa shape index (κ3) is 9.46. The maximum atomic E-state index is 11.9. The average Bonchev–Trinajstić information content (AvgIpc) is 2.78. The van der Waals surface area contributed by atoms with Gasteiger partial charge in [-0.25, -0.2) is 4.99 Å². The van der Waals surface area contributed by atoms with E-state index in [0.717, 1.165) is 62.9 Å². The first-order valence-electron chi connectivity index (χ1n) is 11.4. The highest BCUT2D eigenvalue weighted by molar-refractivity contribution is 5.80. The number of nitrogens with one attached hydrogen (secondary N) is 3. The molecule has 1 aliphatic rings. The molecule has 174 valence electrons. The van der Waals surface area contributed by atoms with Crippen LogP contribution in [0.1, 0.15) is 40.0 Å². The van der Waals surface area contributed by atoms with E-state index in [9.17, 15) is 4.79 Å². The van der Waals surface area contributed by atoms with Gasteiger partial charge in [0.2, 0.25) is 5.91 Å². The van der Waals surface area contributed by atoms with Gasteiger partial charge in [-0.05, 0) is 57.4 Å². The second-order valence-electron chi connectivity index (χ2n) is 7.87. The average molecular weight is 434 g/mol. The number of carbonyl (C=O) groups is 1. The molecule has 1 aromatic carbocycles. The lowest BCUT2D eigenvalue weighted by Gasteiger charge is -2.32. The first-order valence-corrected chi connectivity index (χ1v) is 11.4. The molecule has 1 unspecified atom stereocenters. The summed E-state index contributed by atoms with van der Waals surface area (Å²) < 4.78 is 11.1. The summed E-state index contributed by atoms with van der Waals surface area (Å²) in [5.74, 6) is 2.54. The first-order chi connectivity index (χ1) is 15.0. The topological polar surface area (TPSA) is 87.2 Å². The van der Waals surface area contributed by atoms with Gasteiger partial charge in [-0.1, -0.05) is 6.92 Å². The summed E-state index contributed by atoms with van der Waals surface area (Å²) in [7, 11) is 1.65. The Hall–Kier alpha value is -2.48. The summed E-state index contributed by atoms with van der Waals surface area (Å²) in [6.45, 7) is 10.5. The minimum Gasteiger partial charge on any atom is -0.497 e. The van der Waals surface area contributed by atoms with E-state index in [2.05, 4.69) is 34.7 Å². The Bertz CT molecular complexity index is 672. The van der Waals surface area contributed by atoms with Crippen LogP contribution in [0.4, 0.5) is 0 Å². The van der Waals surface area contributed by atoms with Crippen LogP contribution in [0.25, 0.3) is 0 Å². The van der Waals surface area contributed by atoms with Gasteiger partial charge in [0.15, 0.2) is 5.96 Å². The molecule has 0 aliphatic carbocycles. The third-order valence-corrected chi connectivity index (χ3v) is 5.12. The maximum absolute atomic E-state index is 11.9. The Morgan fingerprint density at radius 3 is 2.45 bits per heavy atom. The molecule has 8 heteroatoms. The number of aliphatic imine (C=N–C) groups is 1. The van der Waals surface area contributed by atoms with Gasteiger partial charge in [0.05, 0.1) is 20.2 Å². The van der Waals surface area contributed by atoms with Crippen LogP contribution in [-0.2, 0) is 4.79 Å². The second kappa shape index (κ2) is 13.7. The number of benzene rings is 1. The molecular weight excluding hydrogens is 394 g/mol. The van der Waals surface area contributed by atoms with Crippen molar-refractivity contribution in [3.8, 4) is 11.5 Å². The van der Waals surface area contributed by atoms with E-state index in [0.29, 0.717) is 19.1 Å². The predicted molar refractivity (Wildman–Crippen MR) is 125 cm³/mol. The van der Waals surface area contributed by atoms with Crippen LogP contribution in [0.15, 0.2) is 29.3 Å². The molecule has 0 aromatic heterocycles. The SMILES string of the molecule is CCCNC(=O)CN1CCC(NC(=NCC(C)Oc2ccc(OC)cc2)NCC)CC1. The highest BCUT2D eigenvalue weighted by Crippen LogP contribution is 2.18. The summed E-state index contributed by atoms with van der Waals surface area (Å²) in [6.07, 6.45) is 2.90. The van der Waals surface area contributed by atoms with Crippen molar-refractivity contribution in [1.29, 1.82) is 0 Å². The van der Waals surface area contributed by atoms with Gasteiger partial charge in [-0.3, -0.25) is 9.69 Å². The zero-order valence-corrected chi connectivity index (χ0v) is 19.4. The Kier molecular flexibility index (Phi) is 11.0. The van der Waals surface area contributed by atoms with Gasteiger partial charge in [0.1, 0.15) is 17.6 Å². The van der Waals surface area contributed by atoms with E-state index in [1.54, 1.807) is 7.11 Å². The smallest absolute Gasteiger partial charge is 0.234 e. The fourth-order valence-corrected chi connectivity index (χ4v) is 3.42. The highest BCUT2D eigenvalue weighted by atomic mass is 16.5. The van der Waals surface area contributed by atoms with Crippen molar-refractivity contribution in [3.05, 3.63) is 24.3 Å². The van der Waals surface area contributed by atoms with Crippen molar-refractivity contribution in [1.82, 2.24) is 20.9 Å². The lowest BCUT2D eigenvalue weighted by Crippen LogP contribution is -2.50. The fourth-order valence-electron chi connectivity index (χ4n) is 3.42. The zero-order valence-electron chi connectivity index (χ0n) is 19.4. The number of piperidine rings is 1. The Morgan fingerprint density at radius 2 is 1.84 bits per heavy atom. The van der Waals surface area contributed by atoms with Gasteiger partial charge in [0.25, 0.3) is 0 Å². The number of rotatable bonds is 11. The normalized spacial score (nSPS) is 16.5. The van der Waals surface area contributed by atoms with Crippen molar-refractivity contribution in [2.45, 2.75) is 52.2 Å². The number of hydrogen-bond acceptors (Lipinski definition) is 5. The predicted octanol–water partition coefficient (Wildman–Crippen LogP) is 2.01. The van der Waals surface area contributed by atoms with E-state index in [1.807, 2.05) is 31.2 Å². The van der Waals surface area contributed by atoms with Crippen LogP contribution in [0.3, 0.4) is 0 Å². The van der Waals surface area contributed by atoms with Crippen molar-refractivity contribution >= 4 is 11.9 Å². The van der Waals surface area contributed by atoms with Crippen molar-refractivity contribution < 1.29 is 14.3 Å². The molecule has 1 aromatic rings. The molecule has 0 radical (unpaired) electrons. The second-order valence-corrected chi connectivity index (χ2v) is 7.87. The van der Waals surface area contributed by atoms with Crippen LogP contribution in [-0.4, -0.2) is 75.3 Å². The Balaban J connectivity index is 1.77. The standard InChI is InChI=1S/C23H39N5O3/c1-5-13-25-22(29)17-28-14-11-19(12-15-28)27-23(24-6-2)26-16-18(3)31-21-9-7-20(30-4)8-10-21/h7-10,18-19H,5-6,11-17H2,1-4H3,(H,25,29)(H2,24,26,27). The molecule has 0 saturated carbocycles. The monoisotopic (exact) mass is 433 g/mol. The molecule has 2 rings (SSSR count). The van der Waals surface area contributed by atoms with Crippen LogP contribution < -0.4 is 25.4 Å². The molecule has 1 aliphatic heterocycles. The van der Waals surface area contributed by atoms with Crippen LogP contribution >= 0.6 is 0 Å². The number of amides is 1. The third-order valence-electron chi connectivity index (χ3n) is 5.12. The number of ether oxygens (including phenoxy) is 2. The molecule has 1 atom stereocenters. The van der Waals surface area contributed by atoms with Crippen LogP contribution in [0, 0.1) is 0 Å². The van der Waals surface area contributed by atoms with E-state index in [-0.39, 0.29) is 12.0 Å². The van der Waals surface area contributed by atoms with Crippen LogP contribution in [0.2, 0.25) is 0 Å². The summed E-state index contributed by atoms with van der Waals surface area (Å²) in [6, 6.07) is 7.93. The number of guanidine groups is 1. The number of hydrogen-bond donors (Lipinski definition) is 3. The largest absolute Gasteiger partial charge is 0.497 e. The first kappa shape index (κ1) is 24.8. The Labute approximate surface area is 186 Å². The Morgan fingerprint density at radius 1 is 1.16 bits per heavy atom. The maximum Gasteiger partial charge on any atom is 0.234 e. The molecule has 31 heavy (non-hydrogen) atoms. The molecule has 1 heterocycles. The lowest BCUT2D eigenvalue weighted by molar-refractivity contribution is -0.122. The van der Waals surface area contributed by atoms with Crippen LogP contribution in [0.5, 0.6) is 11.5 Å². The highest BCUT2D eigenvalue weighted by Gasteiger charge is 2.21. The van der Waals surface area contributed by atoms with Crippen molar-refractivity contribution in [3.63, 3.8) is 0 Å². The molecular formula is C23H39N5O3. The quantitative estimate of drug-likeness (QED) is 0.366. The number of carbonyl (C=O) groups excluding carboxylic acids is 1. The number of likely N-dealkylation sites (tertiary alicyclic amines) is 1. The van der Waals surface area contributed by atoms with Gasteiger partial charge < -0.3 is 25.4 Å². The summed E-state index contributed by atoms with van der Waals surface area (Å²) in [4.78, 5) is 18.8. The fraction of sp³-hybridized carbons (Fsp3) is 0.652. The minimum atomic E-state index is -0.0488. The van der Waals surface area contributed by atoms with Gasteiger partial charge in [-0.15, -0.1) is 0 Å². The number of methoxy groups -OCH3 is 1. The summed E-state index contributed by atoms with van der Waals surface area (Å²) >= 11 is 0. The summed E-state index contributed by atoms with van der Waals surface area (Å²) in [5.41, 5.74) is 0. The summed E-state index contributed by atoms with van der Waals surface area (Å²) in [5, 5.41) is 9.81. The zero-order chi connectivity index (χ0) is 22.5. The van der Waals surface area contributed by atoms with E-state index >= 15 is 0 Å². The van der Waals surface area contributed by atoms with Gasteiger partial charge in [0, 0.05) is 32.2 Å². The molecule has 1 saturated heterocycles. The van der Waals surface area contributed by atoms with Crippen molar-refractivity contribution in [2.75, 3.05) is 46.4 Å². The molecule has 0 bridgehead atoms. The molecule has 0 spiro atoms. The van der Waals surface area contributed by atoms with Crippen molar-refractivity contribution in [2.24, 2.45) is 4.99 Å². The minimum absolute atomic E-state index is 0.0488. The number of nitrogens with zero attached hydrogens (tertiary/aromatic N) is 2. The molecule has 3 N–H and O–H groups in total. The lowest BCUT2D eigenvalue weighted by atomic mass is 10.1. The van der Waals surface area contributed by atoms with E-state index < -0.39 is 0 Å². The van der Waals surface area contributed by atoms with E-state index in [4.69, 9.17) is 14.5 Å². The van der Waals surface area contributed by atoms with Gasteiger partial charge >= 0.3 is 0 Å². The van der Waals surface area contributed by atoms with E-state index in [1.165, 1.54) is 0 Å². The van der Waals surface area contributed by atoms with Gasteiger partial charge in [-0.2, -0.15) is 0 Å².